The van der Waals surface area contributed by atoms with Gasteiger partial charge in [0.1, 0.15) is 0 Å². The Morgan fingerprint density at radius 2 is 1.89 bits per heavy atom. The second kappa shape index (κ2) is 8.46. The summed E-state index contributed by atoms with van der Waals surface area (Å²) < 4.78 is 0. The lowest BCUT2D eigenvalue weighted by atomic mass is 9.72. The lowest BCUT2D eigenvalue weighted by Crippen LogP contribution is -2.36. The number of aliphatic imine (C=N–C) groups is 2. The van der Waals surface area contributed by atoms with Crippen LogP contribution in [0, 0.1) is 5.92 Å². The van der Waals surface area contributed by atoms with E-state index in [1.807, 2.05) is 12.1 Å². The number of halogens is 1. The van der Waals surface area contributed by atoms with Gasteiger partial charge in [0.15, 0.2) is 0 Å². The fourth-order valence-corrected chi connectivity index (χ4v) is 4.26. The van der Waals surface area contributed by atoms with Crippen molar-refractivity contribution >= 4 is 23.3 Å². The molecule has 2 unspecified atom stereocenters. The first-order chi connectivity index (χ1) is 13.6. The molecule has 0 saturated carbocycles. The van der Waals surface area contributed by atoms with Crippen molar-refractivity contribution < 1.29 is 0 Å². The molecule has 146 valence electrons. The molecule has 28 heavy (non-hydrogen) atoms. The standard InChI is InChI=1S/C23H27ClN4/c1-28(2)13-5-12-25-23-26-15-17-14-21(16-8-10-18(24)11-9-16)19-6-3-4-7-20(19)22(17)27-23/h3-4,6-11,17,21H,5,12-15H2,1-2H3,(H,25,26). The van der Waals surface area contributed by atoms with Gasteiger partial charge in [-0.3, -0.25) is 4.99 Å². The molecule has 0 saturated heterocycles. The number of hydrogen-bond donors (Lipinski definition) is 1. The lowest BCUT2D eigenvalue weighted by molar-refractivity contribution is 0.400. The van der Waals surface area contributed by atoms with E-state index in [9.17, 15) is 0 Å². The van der Waals surface area contributed by atoms with Crippen molar-refractivity contribution in [2.24, 2.45) is 15.9 Å². The van der Waals surface area contributed by atoms with E-state index in [1.165, 1.54) is 22.4 Å². The Kier molecular flexibility index (Phi) is 5.79. The molecule has 4 nitrogen and oxygen atoms in total. The van der Waals surface area contributed by atoms with Crippen LogP contribution in [0.1, 0.15) is 35.4 Å². The van der Waals surface area contributed by atoms with Crippen molar-refractivity contribution in [3.63, 3.8) is 0 Å². The van der Waals surface area contributed by atoms with Crippen LogP contribution in [0.2, 0.25) is 5.02 Å². The molecule has 0 bridgehead atoms. The predicted octanol–water partition coefficient (Wildman–Crippen LogP) is 4.19. The number of guanidine groups is 1. The van der Waals surface area contributed by atoms with Crippen LogP contribution in [0.4, 0.5) is 0 Å². The van der Waals surface area contributed by atoms with Gasteiger partial charge in [0, 0.05) is 29.0 Å². The van der Waals surface area contributed by atoms with Crippen LogP contribution in [-0.2, 0) is 0 Å². The first kappa shape index (κ1) is 19.2. The molecule has 5 heteroatoms. The van der Waals surface area contributed by atoms with E-state index < -0.39 is 0 Å². The van der Waals surface area contributed by atoms with Gasteiger partial charge in [-0.15, -0.1) is 0 Å². The molecule has 1 aliphatic carbocycles. The Balaban J connectivity index is 1.57. The van der Waals surface area contributed by atoms with Crippen LogP contribution in [0.3, 0.4) is 0 Å². The van der Waals surface area contributed by atoms with Crippen molar-refractivity contribution in [1.29, 1.82) is 0 Å². The van der Waals surface area contributed by atoms with Crippen LogP contribution < -0.4 is 5.32 Å². The van der Waals surface area contributed by atoms with Gasteiger partial charge in [-0.2, -0.15) is 0 Å². The second-order valence-corrected chi connectivity index (χ2v) is 8.31. The molecule has 1 aliphatic heterocycles. The summed E-state index contributed by atoms with van der Waals surface area (Å²) in [6, 6.07) is 16.9. The van der Waals surface area contributed by atoms with Gasteiger partial charge in [0.2, 0.25) is 5.96 Å². The fourth-order valence-electron chi connectivity index (χ4n) is 4.14. The summed E-state index contributed by atoms with van der Waals surface area (Å²) in [4.78, 5) is 11.8. The number of nitrogens with zero attached hydrogens (tertiary/aromatic N) is 3. The maximum absolute atomic E-state index is 6.10. The average molecular weight is 395 g/mol. The van der Waals surface area contributed by atoms with Gasteiger partial charge < -0.3 is 10.2 Å². The molecule has 0 fully saturated rings. The lowest BCUT2D eigenvalue weighted by Gasteiger charge is -2.34. The number of hydrogen-bond acceptors (Lipinski definition) is 4. The molecule has 2 aliphatic rings. The van der Waals surface area contributed by atoms with Gasteiger partial charge in [0.05, 0.1) is 12.3 Å². The number of fused-ring (bicyclic) bond motifs is 3. The van der Waals surface area contributed by atoms with E-state index in [1.54, 1.807) is 0 Å². The monoisotopic (exact) mass is 394 g/mol. The first-order valence-electron chi connectivity index (χ1n) is 9.98. The van der Waals surface area contributed by atoms with Gasteiger partial charge in [-0.25, -0.2) is 4.99 Å². The maximum Gasteiger partial charge on any atom is 0.218 e. The highest BCUT2D eigenvalue weighted by atomic mass is 35.5. The van der Waals surface area contributed by atoms with E-state index in [0.29, 0.717) is 11.8 Å². The Hall–Kier alpha value is -2.17. The molecule has 1 heterocycles. The molecule has 1 N–H and O–H groups in total. The van der Waals surface area contributed by atoms with Gasteiger partial charge >= 0.3 is 0 Å². The SMILES string of the molecule is CN(C)CCCNC1=NCC2CC(c3ccc(Cl)cc3)c3ccccc3C2=N1. The molecule has 2 aromatic rings. The third-order valence-electron chi connectivity index (χ3n) is 5.54. The van der Waals surface area contributed by atoms with E-state index in [4.69, 9.17) is 21.6 Å². The van der Waals surface area contributed by atoms with Gasteiger partial charge in [-0.05, 0) is 56.7 Å². The molecule has 2 atom stereocenters. The van der Waals surface area contributed by atoms with Gasteiger partial charge in [0.25, 0.3) is 0 Å². The Morgan fingerprint density at radius 3 is 2.68 bits per heavy atom. The first-order valence-corrected chi connectivity index (χ1v) is 10.4. The largest absolute Gasteiger partial charge is 0.354 e. The predicted molar refractivity (Wildman–Crippen MR) is 118 cm³/mol. The Morgan fingerprint density at radius 1 is 1.11 bits per heavy atom. The van der Waals surface area contributed by atoms with E-state index in [-0.39, 0.29) is 0 Å². The zero-order valence-corrected chi connectivity index (χ0v) is 17.3. The van der Waals surface area contributed by atoms with E-state index in [2.05, 4.69) is 60.7 Å². The number of nitrogens with one attached hydrogen (secondary N) is 1. The molecule has 0 amide bonds. The number of benzene rings is 2. The summed E-state index contributed by atoms with van der Waals surface area (Å²) >= 11 is 6.10. The van der Waals surface area contributed by atoms with Crippen molar-refractivity contribution in [3.8, 4) is 0 Å². The Bertz CT molecular complexity index is 886. The van der Waals surface area contributed by atoms with Crippen LogP contribution >= 0.6 is 11.6 Å². The van der Waals surface area contributed by atoms with Crippen LogP contribution in [0.15, 0.2) is 58.5 Å². The third kappa shape index (κ3) is 4.13. The zero-order valence-electron chi connectivity index (χ0n) is 16.5. The average Bonchev–Trinajstić information content (AvgIpc) is 2.71. The normalized spacial score (nSPS) is 20.9. The Labute approximate surface area is 172 Å². The highest BCUT2D eigenvalue weighted by molar-refractivity contribution is 6.30. The maximum atomic E-state index is 6.10. The molecule has 4 rings (SSSR count). The van der Waals surface area contributed by atoms with Crippen LogP contribution in [0.5, 0.6) is 0 Å². The second-order valence-electron chi connectivity index (χ2n) is 7.87. The van der Waals surface area contributed by atoms with Crippen molar-refractivity contribution in [3.05, 3.63) is 70.2 Å². The highest BCUT2D eigenvalue weighted by Crippen LogP contribution is 2.40. The van der Waals surface area contributed by atoms with Crippen molar-refractivity contribution in [1.82, 2.24) is 10.2 Å². The van der Waals surface area contributed by atoms with E-state index in [0.717, 1.165) is 43.5 Å². The van der Waals surface area contributed by atoms with Crippen molar-refractivity contribution in [2.75, 3.05) is 33.7 Å². The topological polar surface area (TPSA) is 40.0 Å². The minimum absolute atomic E-state index is 0.363. The molecule has 0 radical (unpaired) electrons. The fraction of sp³-hybridized carbons (Fsp3) is 0.391. The van der Waals surface area contributed by atoms with E-state index >= 15 is 0 Å². The minimum atomic E-state index is 0.363. The van der Waals surface area contributed by atoms with Crippen LogP contribution in [0.25, 0.3) is 0 Å². The molecule has 0 aromatic heterocycles. The summed E-state index contributed by atoms with van der Waals surface area (Å²) in [5, 5.41) is 4.19. The molecular formula is C23H27ClN4. The summed E-state index contributed by atoms with van der Waals surface area (Å²) in [5.74, 6) is 1.51. The highest BCUT2D eigenvalue weighted by Gasteiger charge is 2.34. The summed E-state index contributed by atoms with van der Waals surface area (Å²) in [5.41, 5.74) is 5.12. The molecule has 2 aromatic carbocycles. The van der Waals surface area contributed by atoms with Crippen molar-refractivity contribution in [2.45, 2.75) is 18.8 Å². The summed E-state index contributed by atoms with van der Waals surface area (Å²) in [6.45, 7) is 2.76. The summed E-state index contributed by atoms with van der Waals surface area (Å²) in [6.07, 6.45) is 2.12. The molecule has 0 spiro atoms. The smallest absolute Gasteiger partial charge is 0.218 e. The minimum Gasteiger partial charge on any atom is -0.354 e. The quantitative estimate of drug-likeness (QED) is 0.772. The third-order valence-corrected chi connectivity index (χ3v) is 5.80. The van der Waals surface area contributed by atoms with Gasteiger partial charge in [-0.1, -0.05) is 48.0 Å². The van der Waals surface area contributed by atoms with Crippen LogP contribution in [-0.4, -0.2) is 50.3 Å². The zero-order chi connectivity index (χ0) is 19.5. The number of rotatable bonds is 5. The molecular weight excluding hydrogens is 368 g/mol. The summed E-state index contributed by atoms with van der Waals surface area (Å²) in [7, 11) is 4.19.